The molecule has 0 aromatic carbocycles. The van der Waals surface area contributed by atoms with Crippen molar-refractivity contribution in [3.63, 3.8) is 0 Å². The summed E-state index contributed by atoms with van der Waals surface area (Å²) in [5.41, 5.74) is 0. The lowest BCUT2D eigenvalue weighted by Gasteiger charge is -2.11. The summed E-state index contributed by atoms with van der Waals surface area (Å²) in [6.07, 6.45) is 7.10. The molecule has 0 saturated heterocycles. The van der Waals surface area contributed by atoms with Crippen LogP contribution in [-0.4, -0.2) is 48.5 Å². The standard InChI is InChI=1S/C15H30N4O2S/c1-5-7-8-9-10-11-12-16-13(20)17-14(22-6-2)18-15(21)19(3)4/h5-12H2,1-4H3,(H2,16,17,18,20,21). The van der Waals surface area contributed by atoms with Crippen LogP contribution in [0.1, 0.15) is 52.4 Å². The van der Waals surface area contributed by atoms with Gasteiger partial charge in [0.1, 0.15) is 0 Å². The van der Waals surface area contributed by atoms with Gasteiger partial charge in [-0.3, -0.25) is 5.32 Å². The second-order valence-corrected chi connectivity index (χ2v) is 6.43. The van der Waals surface area contributed by atoms with Crippen LogP contribution < -0.4 is 10.6 Å². The fraction of sp³-hybridized carbons (Fsp3) is 0.800. The number of rotatable bonds is 8. The number of amidine groups is 1. The van der Waals surface area contributed by atoms with Crippen molar-refractivity contribution < 1.29 is 9.59 Å². The van der Waals surface area contributed by atoms with Gasteiger partial charge in [-0.1, -0.05) is 57.7 Å². The molecule has 0 rings (SSSR count). The van der Waals surface area contributed by atoms with E-state index in [9.17, 15) is 9.59 Å². The van der Waals surface area contributed by atoms with E-state index >= 15 is 0 Å². The Kier molecular flexibility index (Phi) is 12.7. The van der Waals surface area contributed by atoms with Crippen LogP contribution >= 0.6 is 11.8 Å². The second-order valence-electron chi connectivity index (χ2n) is 5.18. The average Bonchev–Trinajstić information content (AvgIpc) is 2.46. The molecule has 0 aromatic rings. The molecule has 0 aliphatic heterocycles. The molecule has 0 spiro atoms. The predicted octanol–water partition coefficient (Wildman–Crippen LogP) is 3.44. The Labute approximate surface area is 138 Å². The maximum atomic E-state index is 11.8. The van der Waals surface area contributed by atoms with Gasteiger partial charge in [-0.15, -0.1) is 0 Å². The van der Waals surface area contributed by atoms with Gasteiger partial charge in [0.2, 0.25) is 0 Å². The van der Waals surface area contributed by atoms with Crippen LogP contribution in [0.3, 0.4) is 0 Å². The number of nitrogens with zero attached hydrogens (tertiary/aromatic N) is 2. The zero-order valence-corrected chi connectivity index (χ0v) is 15.1. The molecule has 0 atom stereocenters. The molecule has 128 valence electrons. The largest absolute Gasteiger partial charge is 0.345 e. The minimum Gasteiger partial charge on any atom is -0.338 e. The van der Waals surface area contributed by atoms with Crippen LogP contribution in [0.5, 0.6) is 0 Å². The van der Waals surface area contributed by atoms with Crippen LogP contribution in [0, 0.1) is 0 Å². The number of hydrogen-bond donors (Lipinski definition) is 2. The quantitative estimate of drug-likeness (QED) is 0.407. The maximum Gasteiger partial charge on any atom is 0.345 e. The number of carbonyl (C=O) groups is 2. The first kappa shape index (κ1) is 20.8. The number of aliphatic imine (C=N–C) groups is 1. The summed E-state index contributed by atoms with van der Waals surface area (Å²) in [4.78, 5) is 28.6. The smallest absolute Gasteiger partial charge is 0.338 e. The fourth-order valence-electron chi connectivity index (χ4n) is 1.67. The van der Waals surface area contributed by atoms with E-state index in [0.29, 0.717) is 11.7 Å². The van der Waals surface area contributed by atoms with Crippen molar-refractivity contribution in [2.24, 2.45) is 4.99 Å². The third kappa shape index (κ3) is 11.4. The van der Waals surface area contributed by atoms with Crippen molar-refractivity contribution in [1.82, 2.24) is 15.5 Å². The monoisotopic (exact) mass is 330 g/mol. The molecule has 0 aromatic heterocycles. The number of carbonyl (C=O) groups excluding carboxylic acids is 2. The molecule has 0 bridgehead atoms. The second kappa shape index (κ2) is 13.4. The molecule has 2 N–H and O–H groups in total. The molecular weight excluding hydrogens is 300 g/mol. The van der Waals surface area contributed by atoms with Crippen molar-refractivity contribution >= 4 is 29.0 Å². The summed E-state index contributed by atoms with van der Waals surface area (Å²) in [6, 6.07) is -0.688. The van der Waals surface area contributed by atoms with Crippen molar-refractivity contribution in [1.29, 1.82) is 0 Å². The van der Waals surface area contributed by atoms with E-state index in [0.717, 1.165) is 18.6 Å². The molecule has 0 unspecified atom stereocenters. The van der Waals surface area contributed by atoms with Gasteiger partial charge in [-0.2, -0.15) is 4.99 Å². The van der Waals surface area contributed by atoms with Crippen LogP contribution in [0.2, 0.25) is 0 Å². The van der Waals surface area contributed by atoms with Gasteiger partial charge in [0.05, 0.1) is 0 Å². The van der Waals surface area contributed by atoms with Gasteiger partial charge >= 0.3 is 12.1 Å². The lowest BCUT2D eigenvalue weighted by molar-refractivity contribution is 0.227. The summed E-state index contributed by atoms with van der Waals surface area (Å²) in [5, 5.41) is 5.76. The lowest BCUT2D eigenvalue weighted by atomic mass is 10.1. The van der Waals surface area contributed by atoms with E-state index in [4.69, 9.17) is 0 Å². The first-order valence-corrected chi connectivity index (χ1v) is 8.97. The first-order valence-electron chi connectivity index (χ1n) is 7.98. The minimum absolute atomic E-state index is 0.306. The van der Waals surface area contributed by atoms with Crippen LogP contribution in [0.15, 0.2) is 4.99 Å². The summed E-state index contributed by atoms with van der Waals surface area (Å²) < 4.78 is 0. The summed E-state index contributed by atoms with van der Waals surface area (Å²) in [5.74, 6) is 0.733. The minimum atomic E-state index is -0.382. The van der Waals surface area contributed by atoms with Crippen LogP contribution in [0.25, 0.3) is 0 Å². The summed E-state index contributed by atoms with van der Waals surface area (Å²) >= 11 is 1.33. The van der Waals surface area contributed by atoms with E-state index < -0.39 is 0 Å². The number of amides is 4. The van der Waals surface area contributed by atoms with Crippen molar-refractivity contribution in [3.05, 3.63) is 0 Å². The Hall–Kier alpha value is -1.24. The lowest BCUT2D eigenvalue weighted by Crippen LogP contribution is -2.39. The van der Waals surface area contributed by atoms with Gasteiger partial charge in [0.15, 0.2) is 5.17 Å². The highest BCUT2D eigenvalue weighted by Gasteiger charge is 2.09. The zero-order valence-electron chi connectivity index (χ0n) is 14.3. The number of unbranched alkanes of at least 4 members (excludes halogenated alkanes) is 5. The molecule has 4 amide bonds. The molecule has 0 radical (unpaired) electrons. The average molecular weight is 330 g/mol. The molecule has 0 fully saturated rings. The predicted molar refractivity (Wildman–Crippen MR) is 94.6 cm³/mol. The molecule has 6 nitrogen and oxygen atoms in total. The Morgan fingerprint density at radius 1 is 1.05 bits per heavy atom. The topological polar surface area (TPSA) is 73.8 Å². The Morgan fingerprint density at radius 2 is 1.68 bits per heavy atom. The van der Waals surface area contributed by atoms with E-state index in [1.54, 1.807) is 14.1 Å². The number of hydrogen-bond acceptors (Lipinski definition) is 3. The van der Waals surface area contributed by atoms with E-state index in [2.05, 4.69) is 22.5 Å². The third-order valence-electron chi connectivity index (χ3n) is 2.90. The Balaban J connectivity index is 4.01. The van der Waals surface area contributed by atoms with E-state index in [1.165, 1.54) is 42.3 Å². The Morgan fingerprint density at radius 3 is 2.27 bits per heavy atom. The molecule has 0 aliphatic rings. The maximum absolute atomic E-state index is 11.8. The summed E-state index contributed by atoms with van der Waals surface area (Å²) in [6.45, 7) is 4.78. The highest BCUT2D eigenvalue weighted by Crippen LogP contribution is 2.04. The highest BCUT2D eigenvalue weighted by atomic mass is 32.2. The summed E-state index contributed by atoms with van der Waals surface area (Å²) in [7, 11) is 3.25. The number of thioether (sulfide) groups is 1. The molecule has 22 heavy (non-hydrogen) atoms. The van der Waals surface area contributed by atoms with Crippen molar-refractivity contribution in [2.75, 3.05) is 26.4 Å². The number of urea groups is 2. The Bertz CT molecular complexity index is 359. The van der Waals surface area contributed by atoms with Gasteiger partial charge in [0, 0.05) is 20.6 Å². The molecule has 7 heteroatoms. The van der Waals surface area contributed by atoms with Gasteiger partial charge < -0.3 is 10.2 Å². The third-order valence-corrected chi connectivity index (χ3v) is 3.65. The van der Waals surface area contributed by atoms with Gasteiger partial charge in [-0.05, 0) is 12.2 Å². The van der Waals surface area contributed by atoms with E-state index in [-0.39, 0.29) is 12.1 Å². The highest BCUT2D eigenvalue weighted by molar-refractivity contribution is 8.13. The molecule has 0 heterocycles. The van der Waals surface area contributed by atoms with Gasteiger partial charge in [-0.25, -0.2) is 9.59 Å². The molecular formula is C15H30N4O2S. The van der Waals surface area contributed by atoms with E-state index in [1.807, 2.05) is 6.92 Å². The van der Waals surface area contributed by atoms with Crippen molar-refractivity contribution in [3.8, 4) is 0 Å². The first-order chi connectivity index (χ1) is 10.5. The number of nitrogens with one attached hydrogen (secondary N) is 2. The van der Waals surface area contributed by atoms with Crippen LogP contribution in [0.4, 0.5) is 9.59 Å². The molecule has 0 aliphatic carbocycles. The normalized spacial score (nSPS) is 11.2. The van der Waals surface area contributed by atoms with Crippen LogP contribution in [-0.2, 0) is 0 Å². The van der Waals surface area contributed by atoms with Crippen molar-refractivity contribution in [2.45, 2.75) is 52.4 Å². The fourth-order valence-corrected chi connectivity index (χ4v) is 2.25. The zero-order chi connectivity index (χ0) is 16.8. The van der Waals surface area contributed by atoms with Gasteiger partial charge in [0.25, 0.3) is 0 Å². The SMILES string of the molecule is CCCCCCCCNC(=O)NC(=NC(=O)N(C)C)SCC. The molecule has 0 saturated carbocycles.